The van der Waals surface area contributed by atoms with Crippen LogP contribution in [0.2, 0.25) is 5.02 Å². The molecule has 106 valence electrons. The molecule has 0 saturated heterocycles. The van der Waals surface area contributed by atoms with Gasteiger partial charge in [0.1, 0.15) is 0 Å². The fourth-order valence-corrected chi connectivity index (χ4v) is 2.05. The van der Waals surface area contributed by atoms with Gasteiger partial charge in [-0.15, -0.1) is 0 Å². The van der Waals surface area contributed by atoms with Crippen molar-refractivity contribution in [3.63, 3.8) is 0 Å². The Hall–Kier alpha value is -1.59. The van der Waals surface area contributed by atoms with E-state index in [1.54, 1.807) is 25.2 Å². The smallest absolute Gasteiger partial charge is 0.308 e. The lowest BCUT2D eigenvalue weighted by atomic mass is 10.0. The number of rotatable bonds is 3. The Morgan fingerprint density at radius 3 is 2.50 bits per heavy atom. The van der Waals surface area contributed by atoms with E-state index < -0.39 is 17.8 Å². The number of nitrogens with zero attached hydrogens (tertiary/aromatic N) is 1. The van der Waals surface area contributed by atoms with Crippen molar-refractivity contribution in [2.45, 2.75) is 12.2 Å². The Bertz CT molecular complexity index is 582. The number of halogens is 4. The second-order valence-electron chi connectivity index (χ2n) is 4.25. The lowest BCUT2D eigenvalue weighted by Crippen LogP contribution is -2.19. The average molecular weight is 301 g/mol. The molecule has 0 bridgehead atoms. The molecule has 0 aliphatic rings. The first kappa shape index (κ1) is 14.8. The van der Waals surface area contributed by atoms with Gasteiger partial charge in [0.2, 0.25) is 0 Å². The average Bonchev–Trinajstić information content (AvgIpc) is 2.41. The third-order valence-electron chi connectivity index (χ3n) is 2.88. The summed E-state index contributed by atoms with van der Waals surface area (Å²) >= 11 is 5.76. The van der Waals surface area contributed by atoms with Gasteiger partial charge < -0.3 is 5.32 Å². The van der Waals surface area contributed by atoms with E-state index in [9.17, 15) is 13.2 Å². The monoisotopic (exact) mass is 300 g/mol. The summed E-state index contributed by atoms with van der Waals surface area (Å²) in [5, 5.41) is 3.44. The molecule has 0 aliphatic carbocycles. The van der Waals surface area contributed by atoms with E-state index in [0.29, 0.717) is 16.3 Å². The van der Waals surface area contributed by atoms with Crippen LogP contribution in [0, 0.1) is 0 Å². The molecule has 1 atom stereocenters. The SMILES string of the molecule is CNC(c1cccc(C(F)(F)F)c1)c1ccc(Cl)cn1. The van der Waals surface area contributed by atoms with Gasteiger partial charge in [0.15, 0.2) is 0 Å². The maximum absolute atomic E-state index is 12.7. The number of hydrogen-bond acceptors (Lipinski definition) is 2. The summed E-state index contributed by atoms with van der Waals surface area (Å²) in [5.41, 5.74) is 0.428. The van der Waals surface area contributed by atoms with Crippen LogP contribution in [0.3, 0.4) is 0 Å². The molecule has 20 heavy (non-hydrogen) atoms. The van der Waals surface area contributed by atoms with Crippen LogP contribution >= 0.6 is 11.6 Å². The van der Waals surface area contributed by atoms with Crippen LogP contribution in [0.5, 0.6) is 0 Å². The zero-order chi connectivity index (χ0) is 14.8. The van der Waals surface area contributed by atoms with E-state index in [2.05, 4.69) is 10.3 Å². The van der Waals surface area contributed by atoms with E-state index in [0.717, 1.165) is 12.1 Å². The Morgan fingerprint density at radius 1 is 1.20 bits per heavy atom. The highest BCUT2D eigenvalue weighted by Crippen LogP contribution is 2.31. The van der Waals surface area contributed by atoms with Crippen LogP contribution in [0.25, 0.3) is 0 Å². The van der Waals surface area contributed by atoms with E-state index in [4.69, 9.17) is 11.6 Å². The van der Waals surface area contributed by atoms with Crippen molar-refractivity contribution in [3.05, 3.63) is 64.4 Å². The fourth-order valence-electron chi connectivity index (χ4n) is 1.94. The van der Waals surface area contributed by atoms with Crippen LogP contribution < -0.4 is 5.32 Å². The summed E-state index contributed by atoms with van der Waals surface area (Å²) in [6.45, 7) is 0. The molecular formula is C14H12ClF3N2. The van der Waals surface area contributed by atoms with Crippen LogP contribution in [-0.4, -0.2) is 12.0 Å². The van der Waals surface area contributed by atoms with Crippen LogP contribution in [0.15, 0.2) is 42.6 Å². The van der Waals surface area contributed by atoms with Crippen LogP contribution in [-0.2, 0) is 6.18 Å². The first-order valence-corrected chi connectivity index (χ1v) is 6.25. The largest absolute Gasteiger partial charge is 0.416 e. The molecule has 1 aromatic carbocycles. The van der Waals surface area contributed by atoms with Crippen LogP contribution in [0.4, 0.5) is 13.2 Å². The minimum absolute atomic E-state index is 0.422. The highest BCUT2D eigenvalue weighted by molar-refractivity contribution is 6.30. The number of benzene rings is 1. The van der Waals surface area contributed by atoms with E-state index in [1.807, 2.05) is 0 Å². The van der Waals surface area contributed by atoms with Crippen molar-refractivity contribution in [1.82, 2.24) is 10.3 Å². The summed E-state index contributed by atoms with van der Waals surface area (Å²) in [4.78, 5) is 4.14. The molecule has 1 N–H and O–H groups in total. The molecule has 1 unspecified atom stereocenters. The summed E-state index contributed by atoms with van der Waals surface area (Å²) in [6, 6.07) is 8.11. The molecular weight excluding hydrogens is 289 g/mol. The molecule has 0 fully saturated rings. The topological polar surface area (TPSA) is 24.9 Å². The number of nitrogens with one attached hydrogen (secondary N) is 1. The second-order valence-corrected chi connectivity index (χ2v) is 4.68. The number of pyridine rings is 1. The third-order valence-corrected chi connectivity index (χ3v) is 3.11. The predicted octanol–water partition coefficient (Wildman–Crippen LogP) is 4.06. The Morgan fingerprint density at radius 2 is 1.95 bits per heavy atom. The molecule has 1 aromatic heterocycles. The van der Waals surface area contributed by atoms with Crippen molar-refractivity contribution in [2.24, 2.45) is 0 Å². The highest BCUT2D eigenvalue weighted by atomic mass is 35.5. The zero-order valence-corrected chi connectivity index (χ0v) is 11.3. The van der Waals surface area contributed by atoms with Crippen LogP contribution in [0.1, 0.15) is 22.9 Å². The van der Waals surface area contributed by atoms with Crippen molar-refractivity contribution in [2.75, 3.05) is 7.05 Å². The molecule has 2 rings (SSSR count). The molecule has 0 radical (unpaired) electrons. The van der Waals surface area contributed by atoms with Crippen molar-refractivity contribution in [3.8, 4) is 0 Å². The predicted molar refractivity (Wildman–Crippen MR) is 71.6 cm³/mol. The lowest BCUT2D eigenvalue weighted by Gasteiger charge is -2.17. The Balaban J connectivity index is 2.39. The molecule has 2 aromatic rings. The van der Waals surface area contributed by atoms with Gasteiger partial charge in [-0.05, 0) is 36.9 Å². The molecule has 0 saturated carbocycles. The van der Waals surface area contributed by atoms with Gasteiger partial charge in [0, 0.05) is 6.20 Å². The molecule has 0 spiro atoms. The first-order chi connectivity index (χ1) is 9.41. The fraction of sp³-hybridized carbons (Fsp3) is 0.214. The Kier molecular flexibility index (Phi) is 4.30. The van der Waals surface area contributed by atoms with Gasteiger partial charge in [-0.25, -0.2) is 0 Å². The normalized spacial score (nSPS) is 13.2. The maximum atomic E-state index is 12.7. The van der Waals surface area contributed by atoms with E-state index in [-0.39, 0.29) is 0 Å². The molecule has 2 nitrogen and oxygen atoms in total. The van der Waals surface area contributed by atoms with Gasteiger partial charge in [-0.3, -0.25) is 4.98 Å². The minimum Gasteiger partial charge on any atom is -0.308 e. The first-order valence-electron chi connectivity index (χ1n) is 5.87. The van der Waals surface area contributed by atoms with Gasteiger partial charge in [-0.1, -0.05) is 23.7 Å². The van der Waals surface area contributed by atoms with Crippen molar-refractivity contribution >= 4 is 11.6 Å². The molecule has 0 aliphatic heterocycles. The van der Waals surface area contributed by atoms with Gasteiger partial charge in [0.25, 0.3) is 0 Å². The minimum atomic E-state index is -4.36. The molecule has 6 heteroatoms. The lowest BCUT2D eigenvalue weighted by molar-refractivity contribution is -0.137. The Labute approximate surface area is 119 Å². The summed E-state index contributed by atoms with van der Waals surface area (Å²) in [7, 11) is 1.67. The molecule has 0 amide bonds. The van der Waals surface area contributed by atoms with E-state index in [1.165, 1.54) is 12.3 Å². The maximum Gasteiger partial charge on any atom is 0.416 e. The highest BCUT2D eigenvalue weighted by Gasteiger charge is 2.31. The number of aromatic nitrogens is 1. The van der Waals surface area contributed by atoms with Crippen molar-refractivity contribution in [1.29, 1.82) is 0 Å². The van der Waals surface area contributed by atoms with E-state index >= 15 is 0 Å². The summed E-state index contributed by atoms with van der Waals surface area (Å²) in [6.07, 6.45) is -2.89. The second kappa shape index (κ2) is 5.81. The summed E-state index contributed by atoms with van der Waals surface area (Å²) < 4.78 is 38.2. The third kappa shape index (κ3) is 3.29. The zero-order valence-electron chi connectivity index (χ0n) is 10.6. The van der Waals surface area contributed by atoms with Crippen molar-refractivity contribution < 1.29 is 13.2 Å². The van der Waals surface area contributed by atoms with Gasteiger partial charge in [-0.2, -0.15) is 13.2 Å². The number of alkyl halides is 3. The summed E-state index contributed by atoms with van der Waals surface area (Å²) in [5.74, 6) is 0. The standard InChI is InChI=1S/C14H12ClF3N2/c1-19-13(12-6-5-11(15)8-20-12)9-3-2-4-10(7-9)14(16,17)18/h2-8,13,19H,1H3. The van der Waals surface area contributed by atoms with Gasteiger partial charge >= 0.3 is 6.18 Å². The van der Waals surface area contributed by atoms with Gasteiger partial charge in [0.05, 0.1) is 22.3 Å². The number of hydrogen-bond donors (Lipinski definition) is 1. The quantitative estimate of drug-likeness (QED) is 0.924. The molecule has 1 heterocycles.